The molecule has 1 heterocycles. The van der Waals surface area contributed by atoms with E-state index in [1.54, 1.807) is 24.4 Å². The van der Waals surface area contributed by atoms with Gasteiger partial charge in [-0.3, -0.25) is 0 Å². The molecule has 0 saturated heterocycles. The number of pyridine rings is 1. The first-order chi connectivity index (χ1) is 11.7. The van der Waals surface area contributed by atoms with Crippen LogP contribution in [0.1, 0.15) is 12.5 Å². The van der Waals surface area contributed by atoms with Crippen LogP contribution in [-0.4, -0.2) is 24.0 Å². The summed E-state index contributed by atoms with van der Waals surface area (Å²) < 4.78 is 18.5. The van der Waals surface area contributed by atoms with Crippen molar-refractivity contribution in [1.82, 2.24) is 15.6 Å². The molecule has 7 heteroatoms. The molecule has 0 bridgehead atoms. The number of terminal acetylenes is 1. The van der Waals surface area contributed by atoms with Crippen LogP contribution in [0.3, 0.4) is 0 Å². The molecule has 0 aliphatic heterocycles. The number of halogens is 2. The molecule has 0 saturated carbocycles. The predicted octanol–water partition coefficient (Wildman–Crippen LogP) is 3.32. The van der Waals surface area contributed by atoms with Gasteiger partial charge in [-0.2, -0.15) is 0 Å². The summed E-state index contributed by atoms with van der Waals surface area (Å²) in [7, 11) is 0. The second kappa shape index (κ2) is 11.3. The highest BCUT2D eigenvalue weighted by atomic mass is 127. The maximum absolute atomic E-state index is 12.9. The molecular weight excluding hydrogens is 434 g/mol. The molecule has 0 unspecified atom stereocenters. The first-order valence-corrected chi connectivity index (χ1v) is 7.55. The third-order valence-electron chi connectivity index (χ3n) is 2.96. The minimum absolute atomic E-state index is 0. The van der Waals surface area contributed by atoms with Gasteiger partial charge in [0.2, 0.25) is 5.88 Å². The van der Waals surface area contributed by atoms with Crippen molar-refractivity contribution in [1.29, 1.82) is 0 Å². The molecule has 0 amide bonds. The number of nitrogens with one attached hydrogen (secondary N) is 2. The normalized spacial score (nSPS) is 10.4. The van der Waals surface area contributed by atoms with Crippen molar-refractivity contribution in [2.75, 3.05) is 13.1 Å². The van der Waals surface area contributed by atoms with E-state index in [0.717, 1.165) is 12.1 Å². The number of hydrogen-bond acceptors (Lipinski definition) is 3. The fraction of sp³-hybridized carbons (Fsp3) is 0.222. The van der Waals surface area contributed by atoms with Crippen LogP contribution in [0.4, 0.5) is 4.39 Å². The van der Waals surface area contributed by atoms with E-state index >= 15 is 0 Å². The zero-order chi connectivity index (χ0) is 17.2. The van der Waals surface area contributed by atoms with Crippen molar-refractivity contribution in [2.45, 2.75) is 13.5 Å². The zero-order valence-corrected chi connectivity index (χ0v) is 16.2. The molecule has 5 nitrogen and oxygen atoms in total. The van der Waals surface area contributed by atoms with E-state index < -0.39 is 0 Å². The third-order valence-corrected chi connectivity index (χ3v) is 2.96. The summed E-state index contributed by atoms with van der Waals surface area (Å²) in [6, 6.07) is 9.42. The standard InChI is InChI=1S/C18H19FN4O.HI/c1-3-10-22-18(20-4-2)23-13-14-9-11-21-17(12-14)24-16-7-5-15(19)6-8-16;/h1,5-9,11-12H,4,10,13H2,2H3,(H2,20,22,23);1H. The van der Waals surface area contributed by atoms with Crippen LogP contribution in [0.15, 0.2) is 47.6 Å². The first kappa shape index (κ1) is 20.7. The van der Waals surface area contributed by atoms with E-state index in [-0.39, 0.29) is 29.8 Å². The Morgan fingerprint density at radius 2 is 2.04 bits per heavy atom. The van der Waals surface area contributed by atoms with E-state index in [1.165, 1.54) is 12.1 Å². The number of aromatic nitrogens is 1. The highest BCUT2D eigenvalue weighted by molar-refractivity contribution is 14.0. The summed E-state index contributed by atoms with van der Waals surface area (Å²) in [6.07, 6.45) is 6.88. The minimum Gasteiger partial charge on any atom is -0.439 e. The average molecular weight is 454 g/mol. The Morgan fingerprint density at radius 3 is 2.72 bits per heavy atom. The van der Waals surface area contributed by atoms with E-state index in [9.17, 15) is 4.39 Å². The van der Waals surface area contributed by atoms with Gasteiger partial charge in [0, 0.05) is 18.8 Å². The van der Waals surface area contributed by atoms with E-state index in [2.05, 4.69) is 26.5 Å². The molecule has 0 radical (unpaired) electrons. The second-order valence-electron chi connectivity index (χ2n) is 4.81. The lowest BCUT2D eigenvalue weighted by atomic mass is 10.2. The number of nitrogens with zero attached hydrogens (tertiary/aromatic N) is 2. The second-order valence-corrected chi connectivity index (χ2v) is 4.81. The molecule has 2 rings (SSSR count). The van der Waals surface area contributed by atoms with Crippen LogP contribution in [0.2, 0.25) is 0 Å². The van der Waals surface area contributed by atoms with Crippen molar-refractivity contribution in [3.63, 3.8) is 0 Å². The fourth-order valence-electron chi connectivity index (χ4n) is 1.87. The predicted molar refractivity (Wildman–Crippen MR) is 108 cm³/mol. The summed E-state index contributed by atoms with van der Waals surface area (Å²) in [6.45, 7) is 3.57. The molecule has 0 spiro atoms. The number of benzene rings is 1. The van der Waals surface area contributed by atoms with Crippen molar-refractivity contribution in [2.24, 2.45) is 4.99 Å². The Kier molecular flexibility index (Phi) is 9.32. The van der Waals surface area contributed by atoms with Crippen molar-refractivity contribution < 1.29 is 9.13 Å². The number of ether oxygens (including phenoxy) is 1. The van der Waals surface area contributed by atoms with Crippen LogP contribution in [-0.2, 0) is 6.54 Å². The molecular formula is C18H20FIN4O. The first-order valence-electron chi connectivity index (χ1n) is 7.55. The lowest BCUT2D eigenvalue weighted by Gasteiger charge is -2.09. The highest BCUT2D eigenvalue weighted by Crippen LogP contribution is 2.20. The average Bonchev–Trinajstić information content (AvgIpc) is 2.60. The topological polar surface area (TPSA) is 58.5 Å². The lowest BCUT2D eigenvalue weighted by molar-refractivity contribution is 0.460. The van der Waals surface area contributed by atoms with Crippen LogP contribution in [0, 0.1) is 18.2 Å². The molecule has 1 aromatic carbocycles. The van der Waals surface area contributed by atoms with Gasteiger partial charge >= 0.3 is 0 Å². The summed E-state index contributed by atoms with van der Waals surface area (Å²) in [4.78, 5) is 8.59. The van der Waals surface area contributed by atoms with Gasteiger partial charge in [0.15, 0.2) is 5.96 Å². The van der Waals surface area contributed by atoms with Crippen molar-refractivity contribution in [3.05, 3.63) is 54.0 Å². The Morgan fingerprint density at radius 1 is 1.28 bits per heavy atom. The summed E-state index contributed by atoms with van der Waals surface area (Å²) in [5.74, 6) is 3.79. The number of hydrogen-bond donors (Lipinski definition) is 2. The van der Waals surface area contributed by atoms with Crippen molar-refractivity contribution >= 4 is 29.9 Å². The van der Waals surface area contributed by atoms with Crippen molar-refractivity contribution in [3.8, 4) is 24.0 Å². The largest absolute Gasteiger partial charge is 0.439 e. The van der Waals surface area contributed by atoms with Crippen LogP contribution in [0.5, 0.6) is 11.6 Å². The number of rotatable bonds is 6. The smallest absolute Gasteiger partial charge is 0.219 e. The summed E-state index contributed by atoms with van der Waals surface area (Å²) in [5, 5.41) is 6.13. The summed E-state index contributed by atoms with van der Waals surface area (Å²) >= 11 is 0. The van der Waals surface area contributed by atoms with Gasteiger partial charge in [0.05, 0.1) is 13.1 Å². The van der Waals surface area contributed by atoms with Gasteiger partial charge < -0.3 is 15.4 Å². The fourth-order valence-corrected chi connectivity index (χ4v) is 1.87. The van der Waals surface area contributed by atoms with E-state index in [0.29, 0.717) is 30.7 Å². The molecule has 25 heavy (non-hydrogen) atoms. The Labute approximate surface area is 164 Å². The molecule has 1 aromatic heterocycles. The van der Waals surface area contributed by atoms with Gasteiger partial charge in [-0.1, -0.05) is 5.92 Å². The molecule has 2 N–H and O–H groups in total. The van der Waals surface area contributed by atoms with Gasteiger partial charge in [-0.15, -0.1) is 30.4 Å². The Bertz CT molecular complexity index is 729. The van der Waals surface area contributed by atoms with Gasteiger partial charge in [0.25, 0.3) is 0 Å². The van der Waals surface area contributed by atoms with Gasteiger partial charge in [0.1, 0.15) is 11.6 Å². The number of guanidine groups is 1. The maximum Gasteiger partial charge on any atom is 0.219 e. The molecule has 0 aliphatic carbocycles. The lowest BCUT2D eigenvalue weighted by Crippen LogP contribution is -2.37. The van der Waals surface area contributed by atoms with Crippen LogP contribution < -0.4 is 15.4 Å². The summed E-state index contributed by atoms with van der Waals surface area (Å²) in [5.41, 5.74) is 0.931. The van der Waals surface area contributed by atoms with Crippen LogP contribution in [0.25, 0.3) is 0 Å². The van der Waals surface area contributed by atoms with Gasteiger partial charge in [-0.25, -0.2) is 14.4 Å². The Hall–Kier alpha value is -2.34. The van der Waals surface area contributed by atoms with E-state index in [1.807, 2.05) is 13.0 Å². The highest BCUT2D eigenvalue weighted by Gasteiger charge is 2.02. The zero-order valence-electron chi connectivity index (χ0n) is 13.8. The Balaban J connectivity index is 0.00000312. The molecule has 0 atom stereocenters. The molecule has 0 fully saturated rings. The quantitative estimate of drug-likeness (QED) is 0.305. The minimum atomic E-state index is -0.311. The van der Waals surface area contributed by atoms with E-state index in [4.69, 9.17) is 11.2 Å². The van der Waals surface area contributed by atoms with Gasteiger partial charge in [-0.05, 0) is 42.8 Å². The third kappa shape index (κ3) is 7.39. The monoisotopic (exact) mass is 454 g/mol. The maximum atomic E-state index is 12.9. The van der Waals surface area contributed by atoms with Crippen LogP contribution >= 0.6 is 24.0 Å². The molecule has 132 valence electrons. The molecule has 0 aliphatic rings. The SMILES string of the molecule is C#CCNC(=NCc1ccnc(Oc2ccc(F)cc2)c1)NCC.I. The molecule has 2 aromatic rings. The number of aliphatic imine (C=N–C) groups is 1.